The Hall–Kier alpha value is -3.35. The minimum Gasteiger partial charge on any atom is -0.457 e. The van der Waals surface area contributed by atoms with E-state index in [2.05, 4.69) is 10.3 Å². The van der Waals surface area contributed by atoms with Crippen molar-refractivity contribution in [3.63, 3.8) is 0 Å². The summed E-state index contributed by atoms with van der Waals surface area (Å²) in [5, 5.41) is 2.80. The van der Waals surface area contributed by atoms with Crippen LogP contribution >= 0.6 is 0 Å². The van der Waals surface area contributed by atoms with Crippen LogP contribution < -0.4 is 10.1 Å². The number of aromatic nitrogens is 1. The maximum absolute atomic E-state index is 12.6. The quantitative estimate of drug-likeness (QED) is 0.513. The zero-order valence-electron chi connectivity index (χ0n) is 16.7. The van der Waals surface area contributed by atoms with Gasteiger partial charge in [0.1, 0.15) is 11.5 Å². The number of carbonyl (C=O) groups is 1. The molecule has 0 bridgehead atoms. The number of benzene rings is 2. The highest BCUT2D eigenvalue weighted by Crippen LogP contribution is 2.31. The molecule has 0 saturated carbocycles. The SMILES string of the molecule is Cc1nc(C(C)C)ccc1C(=O)Nc1ccc(Oc2ccc(C(F)(F)F)cc2)cc1. The first-order chi connectivity index (χ1) is 14.1. The number of carbonyl (C=O) groups excluding carboxylic acids is 1. The molecule has 0 atom stereocenters. The zero-order valence-corrected chi connectivity index (χ0v) is 16.7. The number of nitrogens with zero attached hydrogens (tertiary/aromatic N) is 1. The first kappa shape index (κ1) is 21.4. The summed E-state index contributed by atoms with van der Waals surface area (Å²) in [5.41, 5.74) is 1.89. The molecule has 0 aliphatic rings. The fourth-order valence-corrected chi connectivity index (χ4v) is 2.79. The molecule has 2 aromatic carbocycles. The summed E-state index contributed by atoms with van der Waals surface area (Å²) in [6.07, 6.45) is -4.39. The number of hydrogen-bond acceptors (Lipinski definition) is 3. The highest BCUT2D eigenvalue weighted by atomic mass is 19.4. The molecule has 1 amide bonds. The van der Waals surface area contributed by atoms with Crippen LogP contribution in [0.4, 0.5) is 18.9 Å². The van der Waals surface area contributed by atoms with Gasteiger partial charge in [-0.3, -0.25) is 9.78 Å². The second-order valence-corrected chi connectivity index (χ2v) is 7.13. The number of rotatable bonds is 5. The van der Waals surface area contributed by atoms with Gasteiger partial charge in [-0.25, -0.2) is 0 Å². The summed E-state index contributed by atoms with van der Waals surface area (Å²) in [5.74, 6) is 0.725. The van der Waals surface area contributed by atoms with Crippen molar-refractivity contribution in [1.29, 1.82) is 0 Å². The van der Waals surface area contributed by atoms with Gasteiger partial charge in [0.2, 0.25) is 0 Å². The van der Waals surface area contributed by atoms with Crippen molar-refractivity contribution in [2.75, 3.05) is 5.32 Å². The van der Waals surface area contributed by atoms with Crippen molar-refractivity contribution in [2.24, 2.45) is 0 Å². The minimum atomic E-state index is -4.39. The lowest BCUT2D eigenvalue weighted by molar-refractivity contribution is -0.137. The number of pyridine rings is 1. The Morgan fingerprint density at radius 3 is 2.00 bits per heavy atom. The van der Waals surface area contributed by atoms with E-state index in [9.17, 15) is 18.0 Å². The molecule has 30 heavy (non-hydrogen) atoms. The minimum absolute atomic E-state index is 0.272. The summed E-state index contributed by atoms with van der Waals surface area (Å²) in [6, 6.07) is 14.6. The van der Waals surface area contributed by atoms with Crippen LogP contribution in [-0.2, 0) is 6.18 Å². The van der Waals surface area contributed by atoms with E-state index in [0.29, 0.717) is 22.7 Å². The summed E-state index contributed by atoms with van der Waals surface area (Å²) in [4.78, 5) is 17.0. The van der Waals surface area contributed by atoms with Crippen molar-refractivity contribution < 1.29 is 22.7 Å². The smallest absolute Gasteiger partial charge is 0.416 e. The maximum Gasteiger partial charge on any atom is 0.416 e. The second-order valence-electron chi connectivity index (χ2n) is 7.13. The van der Waals surface area contributed by atoms with Gasteiger partial charge in [0.25, 0.3) is 5.91 Å². The molecule has 7 heteroatoms. The molecule has 4 nitrogen and oxygen atoms in total. The highest BCUT2D eigenvalue weighted by molar-refractivity contribution is 6.05. The molecule has 1 N–H and O–H groups in total. The van der Waals surface area contributed by atoms with Crippen LogP contribution in [0.5, 0.6) is 11.5 Å². The van der Waals surface area contributed by atoms with Crippen molar-refractivity contribution in [3.05, 3.63) is 83.2 Å². The van der Waals surface area contributed by atoms with Gasteiger partial charge in [0.15, 0.2) is 0 Å². The Kier molecular flexibility index (Phi) is 6.10. The number of anilines is 1. The third-order valence-corrected chi connectivity index (χ3v) is 4.47. The molecular formula is C23H21F3N2O2. The summed E-state index contributed by atoms with van der Waals surface area (Å²) >= 11 is 0. The molecular weight excluding hydrogens is 393 g/mol. The zero-order chi connectivity index (χ0) is 21.9. The van der Waals surface area contributed by atoms with E-state index in [1.54, 1.807) is 37.3 Å². The number of alkyl halides is 3. The van der Waals surface area contributed by atoms with Crippen LogP contribution in [0.1, 0.15) is 47.1 Å². The van der Waals surface area contributed by atoms with Gasteiger partial charge in [0, 0.05) is 11.4 Å². The lowest BCUT2D eigenvalue weighted by Gasteiger charge is -2.11. The molecule has 1 heterocycles. The Morgan fingerprint density at radius 2 is 1.50 bits per heavy atom. The molecule has 156 valence electrons. The predicted octanol–water partition coefficient (Wildman–Crippen LogP) is 6.58. The number of aryl methyl sites for hydroxylation is 1. The van der Waals surface area contributed by atoms with Gasteiger partial charge in [-0.15, -0.1) is 0 Å². The lowest BCUT2D eigenvalue weighted by atomic mass is 10.1. The Morgan fingerprint density at radius 1 is 0.933 bits per heavy atom. The van der Waals surface area contributed by atoms with Crippen LogP contribution in [0, 0.1) is 6.92 Å². The van der Waals surface area contributed by atoms with Crippen LogP contribution in [0.2, 0.25) is 0 Å². The monoisotopic (exact) mass is 414 g/mol. The Labute approximate surface area is 172 Å². The number of nitrogens with one attached hydrogen (secondary N) is 1. The number of amides is 1. The van der Waals surface area contributed by atoms with Gasteiger partial charge in [-0.2, -0.15) is 13.2 Å². The molecule has 1 aromatic heterocycles. The standard InChI is InChI=1S/C23H21F3N2O2/c1-14(2)21-13-12-20(15(3)27-21)22(29)28-17-6-10-19(11-7-17)30-18-8-4-16(5-9-18)23(24,25)26/h4-14H,1-3H3,(H,28,29). The van der Waals surface area contributed by atoms with Gasteiger partial charge in [0.05, 0.1) is 16.8 Å². The predicted molar refractivity (Wildman–Crippen MR) is 109 cm³/mol. The summed E-state index contributed by atoms with van der Waals surface area (Å²) < 4.78 is 43.4. The van der Waals surface area contributed by atoms with Crippen LogP contribution in [0.3, 0.4) is 0 Å². The van der Waals surface area contributed by atoms with Gasteiger partial charge >= 0.3 is 6.18 Å². The lowest BCUT2D eigenvalue weighted by Crippen LogP contribution is -2.14. The number of hydrogen-bond donors (Lipinski definition) is 1. The molecule has 0 radical (unpaired) electrons. The van der Waals surface area contributed by atoms with Gasteiger partial charge in [-0.05, 0) is 73.5 Å². The first-order valence-electron chi connectivity index (χ1n) is 9.37. The van der Waals surface area contributed by atoms with E-state index < -0.39 is 11.7 Å². The Bertz CT molecular complexity index is 1030. The second kappa shape index (κ2) is 8.57. The maximum atomic E-state index is 12.6. The molecule has 0 unspecified atom stereocenters. The van der Waals surface area contributed by atoms with E-state index in [1.807, 2.05) is 19.9 Å². The van der Waals surface area contributed by atoms with E-state index in [0.717, 1.165) is 17.8 Å². The largest absolute Gasteiger partial charge is 0.457 e. The van der Waals surface area contributed by atoms with E-state index in [4.69, 9.17) is 4.74 Å². The average Bonchev–Trinajstić information content (AvgIpc) is 2.69. The fourth-order valence-electron chi connectivity index (χ4n) is 2.79. The summed E-state index contributed by atoms with van der Waals surface area (Å²) in [6.45, 7) is 5.87. The van der Waals surface area contributed by atoms with Crippen molar-refractivity contribution >= 4 is 11.6 Å². The van der Waals surface area contributed by atoms with Crippen molar-refractivity contribution in [2.45, 2.75) is 32.9 Å². The van der Waals surface area contributed by atoms with Crippen LogP contribution in [0.25, 0.3) is 0 Å². The van der Waals surface area contributed by atoms with Crippen molar-refractivity contribution in [1.82, 2.24) is 4.98 Å². The molecule has 0 spiro atoms. The highest BCUT2D eigenvalue weighted by Gasteiger charge is 2.30. The van der Waals surface area contributed by atoms with Gasteiger partial charge in [-0.1, -0.05) is 13.8 Å². The van der Waals surface area contributed by atoms with Crippen molar-refractivity contribution in [3.8, 4) is 11.5 Å². The molecule has 0 saturated heterocycles. The third-order valence-electron chi connectivity index (χ3n) is 4.47. The molecule has 3 aromatic rings. The Balaban J connectivity index is 1.65. The normalized spacial score (nSPS) is 11.4. The number of halogens is 3. The van der Waals surface area contributed by atoms with Crippen LogP contribution in [-0.4, -0.2) is 10.9 Å². The molecule has 0 aliphatic heterocycles. The van der Waals surface area contributed by atoms with Crippen LogP contribution in [0.15, 0.2) is 60.7 Å². The summed E-state index contributed by atoms with van der Waals surface area (Å²) in [7, 11) is 0. The molecule has 3 rings (SSSR count). The van der Waals surface area contributed by atoms with E-state index in [-0.39, 0.29) is 17.6 Å². The topological polar surface area (TPSA) is 51.2 Å². The average molecular weight is 414 g/mol. The first-order valence-corrected chi connectivity index (χ1v) is 9.37. The molecule has 0 aliphatic carbocycles. The van der Waals surface area contributed by atoms with Gasteiger partial charge < -0.3 is 10.1 Å². The van der Waals surface area contributed by atoms with E-state index >= 15 is 0 Å². The fraction of sp³-hybridized carbons (Fsp3) is 0.217. The van der Waals surface area contributed by atoms with E-state index in [1.165, 1.54) is 12.1 Å². The molecule has 0 fully saturated rings. The third kappa shape index (κ3) is 5.17. The number of ether oxygens (including phenoxy) is 1.